The molecule has 0 saturated heterocycles. The van der Waals surface area contributed by atoms with Crippen LogP contribution < -0.4 is 4.74 Å². The van der Waals surface area contributed by atoms with Gasteiger partial charge in [0.05, 0.1) is 12.4 Å². The van der Waals surface area contributed by atoms with Gasteiger partial charge < -0.3 is 4.74 Å². The third-order valence-corrected chi connectivity index (χ3v) is 4.31. The predicted molar refractivity (Wildman–Crippen MR) is 77.6 cm³/mol. The minimum absolute atomic E-state index is 0.0692. The molecule has 6 heteroatoms. The van der Waals surface area contributed by atoms with Crippen molar-refractivity contribution in [2.45, 2.75) is 13.8 Å². The topological polar surface area (TPSA) is 43.4 Å². The highest BCUT2D eigenvalue weighted by Crippen LogP contribution is 2.21. The fraction of sp³-hybridized carbons (Fsp3) is 0.500. The molecule has 0 N–H and O–H groups in total. The van der Waals surface area contributed by atoms with Crippen LogP contribution in [0, 0.1) is 11.8 Å². The first-order valence-electron chi connectivity index (χ1n) is 5.58. The van der Waals surface area contributed by atoms with Gasteiger partial charge in [0, 0.05) is 21.1 Å². The zero-order valence-corrected chi connectivity index (χ0v) is 13.4. The van der Waals surface area contributed by atoms with E-state index in [0.29, 0.717) is 12.4 Å². The van der Waals surface area contributed by atoms with Crippen LogP contribution >= 0.6 is 26.6 Å². The molecule has 1 unspecified atom stereocenters. The molecule has 0 saturated carbocycles. The van der Waals surface area contributed by atoms with Crippen molar-refractivity contribution in [1.82, 2.24) is 0 Å². The van der Waals surface area contributed by atoms with E-state index in [1.807, 2.05) is 38.1 Å². The van der Waals surface area contributed by atoms with E-state index >= 15 is 0 Å². The number of benzene rings is 1. The summed E-state index contributed by atoms with van der Waals surface area (Å²) < 4.78 is 28.8. The summed E-state index contributed by atoms with van der Waals surface area (Å²) in [7, 11) is 1.79. The Morgan fingerprint density at radius 1 is 1.39 bits per heavy atom. The lowest BCUT2D eigenvalue weighted by Crippen LogP contribution is -2.24. The van der Waals surface area contributed by atoms with E-state index in [-0.39, 0.29) is 17.6 Å². The first kappa shape index (κ1) is 15.8. The van der Waals surface area contributed by atoms with Gasteiger partial charge in [-0.15, -0.1) is 0 Å². The van der Waals surface area contributed by atoms with E-state index in [1.54, 1.807) is 0 Å². The highest BCUT2D eigenvalue weighted by Gasteiger charge is 2.21. The van der Waals surface area contributed by atoms with Crippen LogP contribution in [0.15, 0.2) is 28.7 Å². The number of hydrogen-bond acceptors (Lipinski definition) is 3. The first-order valence-corrected chi connectivity index (χ1v) is 8.86. The molecule has 0 heterocycles. The average molecular weight is 356 g/mol. The zero-order valence-electron chi connectivity index (χ0n) is 10.3. The fourth-order valence-corrected chi connectivity index (χ4v) is 3.31. The van der Waals surface area contributed by atoms with Gasteiger partial charge in [-0.05, 0) is 24.1 Å². The normalized spacial score (nSPS) is 13.6. The summed E-state index contributed by atoms with van der Waals surface area (Å²) in [6, 6.07) is 7.43. The van der Waals surface area contributed by atoms with Gasteiger partial charge in [-0.2, -0.15) is 0 Å². The lowest BCUT2D eigenvalue weighted by atomic mass is 9.99. The van der Waals surface area contributed by atoms with Crippen molar-refractivity contribution in [1.29, 1.82) is 0 Å². The van der Waals surface area contributed by atoms with Gasteiger partial charge in [0.1, 0.15) is 5.75 Å². The molecule has 0 radical (unpaired) electrons. The third kappa shape index (κ3) is 6.07. The van der Waals surface area contributed by atoms with Gasteiger partial charge in [-0.25, -0.2) is 8.42 Å². The summed E-state index contributed by atoms with van der Waals surface area (Å²) >= 11 is 3.35. The number of ether oxygens (including phenoxy) is 1. The lowest BCUT2D eigenvalue weighted by Gasteiger charge is -2.19. The van der Waals surface area contributed by atoms with Crippen LogP contribution in [0.2, 0.25) is 0 Å². The summed E-state index contributed by atoms with van der Waals surface area (Å²) in [5, 5.41) is 0. The average Bonchev–Trinajstić information content (AvgIpc) is 2.22. The molecule has 0 aliphatic rings. The van der Waals surface area contributed by atoms with Crippen LogP contribution in [-0.4, -0.2) is 20.8 Å². The summed E-state index contributed by atoms with van der Waals surface area (Å²) in [6.45, 7) is 4.24. The molecule has 0 fully saturated rings. The van der Waals surface area contributed by atoms with Crippen LogP contribution in [0.4, 0.5) is 0 Å². The van der Waals surface area contributed by atoms with Crippen molar-refractivity contribution in [2.75, 3.05) is 12.4 Å². The molecule has 3 nitrogen and oxygen atoms in total. The Balaban J connectivity index is 2.63. The smallest absolute Gasteiger partial charge is 0.233 e. The minimum Gasteiger partial charge on any atom is -0.493 e. The molecular weight excluding hydrogens is 340 g/mol. The standard InChI is InChI=1S/C12H16BrClO3S/c1-9(2)10(8-18(14,15)16)7-17-12-5-3-4-11(13)6-12/h3-6,9-10H,7-8H2,1-2H3. The quantitative estimate of drug-likeness (QED) is 0.731. The second kappa shape index (κ2) is 6.78. The molecule has 1 rings (SSSR count). The molecule has 18 heavy (non-hydrogen) atoms. The largest absolute Gasteiger partial charge is 0.493 e. The van der Waals surface area contributed by atoms with Crippen molar-refractivity contribution >= 4 is 35.7 Å². The number of hydrogen-bond donors (Lipinski definition) is 0. The molecule has 102 valence electrons. The minimum atomic E-state index is -3.50. The van der Waals surface area contributed by atoms with Crippen LogP contribution in [0.3, 0.4) is 0 Å². The predicted octanol–water partition coefficient (Wildman–Crippen LogP) is 3.67. The van der Waals surface area contributed by atoms with Crippen LogP contribution in [0.1, 0.15) is 13.8 Å². The molecule has 1 aromatic rings. The first-order chi connectivity index (χ1) is 8.28. The van der Waals surface area contributed by atoms with Crippen molar-refractivity contribution in [3.63, 3.8) is 0 Å². The number of halogens is 2. The van der Waals surface area contributed by atoms with Gasteiger partial charge >= 0.3 is 0 Å². The van der Waals surface area contributed by atoms with Crippen LogP contribution in [-0.2, 0) is 9.05 Å². The van der Waals surface area contributed by atoms with Crippen molar-refractivity contribution in [3.05, 3.63) is 28.7 Å². The maximum atomic E-state index is 11.1. The Bertz CT molecular complexity index is 488. The summed E-state index contributed by atoms with van der Waals surface area (Å²) in [4.78, 5) is 0. The van der Waals surface area contributed by atoms with E-state index in [9.17, 15) is 8.42 Å². The molecule has 0 aliphatic carbocycles. The molecule has 0 bridgehead atoms. The van der Waals surface area contributed by atoms with Gasteiger partial charge in [-0.1, -0.05) is 35.8 Å². The van der Waals surface area contributed by atoms with Crippen molar-refractivity contribution < 1.29 is 13.2 Å². The van der Waals surface area contributed by atoms with Crippen molar-refractivity contribution in [2.24, 2.45) is 11.8 Å². The Hall–Kier alpha value is -0.260. The van der Waals surface area contributed by atoms with E-state index in [1.165, 1.54) is 0 Å². The fourth-order valence-electron chi connectivity index (χ4n) is 1.45. The molecule has 0 aliphatic heterocycles. The van der Waals surface area contributed by atoms with Gasteiger partial charge in [-0.3, -0.25) is 0 Å². The van der Waals surface area contributed by atoms with Gasteiger partial charge in [0.15, 0.2) is 0 Å². The van der Waals surface area contributed by atoms with Crippen LogP contribution in [0.25, 0.3) is 0 Å². The second-order valence-corrected chi connectivity index (χ2v) is 8.22. The molecule has 1 atom stereocenters. The second-order valence-electron chi connectivity index (χ2n) is 4.48. The maximum Gasteiger partial charge on any atom is 0.233 e. The van der Waals surface area contributed by atoms with E-state index < -0.39 is 9.05 Å². The lowest BCUT2D eigenvalue weighted by molar-refractivity contribution is 0.225. The Kier molecular flexibility index (Phi) is 5.95. The van der Waals surface area contributed by atoms with Crippen LogP contribution in [0.5, 0.6) is 5.75 Å². The van der Waals surface area contributed by atoms with E-state index in [2.05, 4.69) is 15.9 Å². The maximum absolute atomic E-state index is 11.1. The third-order valence-electron chi connectivity index (χ3n) is 2.62. The summed E-state index contributed by atoms with van der Waals surface area (Å²) in [5.74, 6) is 0.708. The number of rotatable bonds is 6. The molecular formula is C12H16BrClO3S. The Morgan fingerprint density at radius 2 is 2.06 bits per heavy atom. The molecule has 0 aromatic heterocycles. The zero-order chi connectivity index (χ0) is 13.8. The SMILES string of the molecule is CC(C)C(COc1cccc(Br)c1)CS(=O)(=O)Cl. The summed E-state index contributed by atoms with van der Waals surface area (Å²) in [5.41, 5.74) is 0. The van der Waals surface area contributed by atoms with Gasteiger partial charge in [0.25, 0.3) is 0 Å². The molecule has 0 amide bonds. The Labute approximate surface area is 121 Å². The van der Waals surface area contributed by atoms with Crippen molar-refractivity contribution in [3.8, 4) is 5.75 Å². The monoisotopic (exact) mass is 354 g/mol. The highest BCUT2D eigenvalue weighted by atomic mass is 79.9. The molecule has 1 aromatic carbocycles. The summed E-state index contributed by atoms with van der Waals surface area (Å²) in [6.07, 6.45) is 0. The van der Waals surface area contributed by atoms with Gasteiger partial charge in [0.2, 0.25) is 9.05 Å². The van der Waals surface area contributed by atoms with E-state index in [4.69, 9.17) is 15.4 Å². The van der Waals surface area contributed by atoms with E-state index in [0.717, 1.165) is 4.47 Å². The Morgan fingerprint density at radius 3 is 2.56 bits per heavy atom. The molecule has 0 spiro atoms. The highest BCUT2D eigenvalue weighted by molar-refractivity contribution is 9.10.